The SMILES string of the molecule is Cc1cc(C2C3=CCC4C(=O)N(c5ccc([N+](=O)[O-])cc5)C(=O)C4C3CC3C(=O)N(Nc4ncc(C(F)(F)F)cc4Cl)C(=O)C32c2ccc(Cl)cc2)cc(C)c1O. The molecule has 3 fully saturated rings. The molecule has 3 aromatic carbocycles. The van der Waals surface area contributed by atoms with E-state index in [0.29, 0.717) is 50.1 Å². The second-order valence-electron chi connectivity index (χ2n) is 14.7. The number of non-ortho nitro benzene ring substituents is 1. The Kier molecular flexibility index (Phi) is 8.96. The molecule has 12 nitrogen and oxygen atoms in total. The van der Waals surface area contributed by atoms with Gasteiger partial charge in [0.15, 0.2) is 5.82 Å². The number of imide groups is 2. The van der Waals surface area contributed by atoms with Gasteiger partial charge in [0.2, 0.25) is 11.8 Å². The fourth-order valence-electron chi connectivity index (χ4n) is 9.29. The van der Waals surface area contributed by atoms with E-state index in [-0.39, 0.29) is 30.0 Å². The summed E-state index contributed by atoms with van der Waals surface area (Å²) in [7, 11) is 0. The smallest absolute Gasteiger partial charge is 0.417 e. The van der Waals surface area contributed by atoms with Crippen LogP contribution in [0.25, 0.3) is 0 Å². The van der Waals surface area contributed by atoms with Crippen molar-refractivity contribution in [1.82, 2.24) is 9.99 Å². The van der Waals surface area contributed by atoms with E-state index in [1.165, 1.54) is 24.3 Å². The van der Waals surface area contributed by atoms with Crippen molar-refractivity contribution in [2.45, 2.75) is 44.2 Å². The molecule has 3 heterocycles. The van der Waals surface area contributed by atoms with Crippen molar-refractivity contribution < 1.29 is 42.4 Å². The van der Waals surface area contributed by atoms with E-state index in [4.69, 9.17) is 23.2 Å². The number of nitro benzene ring substituents is 1. The summed E-state index contributed by atoms with van der Waals surface area (Å²) in [5, 5.41) is 22.7. The largest absolute Gasteiger partial charge is 0.507 e. The second-order valence-corrected chi connectivity index (χ2v) is 15.6. The molecule has 2 aliphatic carbocycles. The summed E-state index contributed by atoms with van der Waals surface area (Å²) in [4.78, 5) is 74.3. The number of amides is 4. The Bertz CT molecular complexity index is 2440. The van der Waals surface area contributed by atoms with E-state index in [1.54, 1.807) is 50.2 Å². The van der Waals surface area contributed by atoms with Gasteiger partial charge >= 0.3 is 6.18 Å². The minimum Gasteiger partial charge on any atom is -0.507 e. The number of rotatable bonds is 6. The maximum absolute atomic E-state index is 15.4. The summed E-state index contributed by atoms with van der Waals surface area (Å²) < 4.78 is 40.5. The van der Waals surface area contributed by atoms with Gasteiger partial charge in [0.05, 0.1) is 44.4 Å². The number of aromatic hydroxyl groups is 1. The molecule has 2 aliphatic heterocycles. The molecule has 0 spiro atoms. The zero-order chi connectivity index (χ0) is 40.9. The molecular weight excluding hydrogens is 790 g/mol. The number of pyridine rings is 1. The number of halogens is 5. The van der Waals surface area contributed by atoms with E-state index in [2.05, 4.69) is 10.4 Å². The molecule has 6 atom stereocenters. The molecule has 0 radical (unpaired) electrons. The van der Waals surface area contributed by atoms with Gasteiger partial charge in [-0.05, 0) is 85.2 Å². The fourth-order valence-corrected chi connectivity index (χ4v) is 9.63. The molecule has 8 rings (SSSR count). The van der Waals surface area contributed by atoms with Crippen molar-refractivity contribution in [3.63, 3.8) is 0 Å². The number of phenols is 1. The number of benzene rings is 3. The number of aromatic nitrogens is 1. The monoisotopic (exact) mass is 819 g/mol. The van der Waals surface area contributed by atoms with Crippen molar-refractivity contribution in [2.24, 2.45) is 23.7 Å². The summed E-state index contributed by atoms with van der Waals surface area (Å²) in [5.74, 6) is -7.89. The summed E-state index contributed by atoms with van der Waals surface area (Å²) in [6.07, 6.45) is -2.44. The first-order chi connectivity index (χ1) is 26.9. The van der Waals surface area contributed by atoms with Crippen molar-refractivity contribution in [3.8, 4) is 5.75 Å². The number of carbonyl (C=O) groups is 4. The second kappa shape index (κ2) is 13.4. The number of alkyl halides is 3. The number of nitrogens with one attached hydrogen (secondary N) is 1. The molecule has 2 N–H and O–H groups in total. The van der Waals surface area contributed by atoms with Gasteiger partial charge < -0.3 is 5.11 Å². The van der Waals surface area contributed by atoms with Gasteiger partial charge in [-0.1, -0.05) is 59.1 Å². The number of nitro groups is 1. The van der Waals surface area contributed by atoms with Gasteiger partial charge in [0, 0.05) is 29.3 Å². The maximum atomic E-state index is 15.4. The number of nitrogens with zero attached hydrogens (tertiary/aromatic N) is 4. The normalized spacial score (nSPS) is 25.6. The average molecular weight is 821 g/mol. The van der Waals surface area contributed by atoms with E-state index in [0.717, 1.165) is 4.90 Å². The third-order valence-corrected chi connectivity index (χ3v) is 12.3. The molecule has 0 bridgehead atoms. The molecule has 292 valence electrons. The van der Waals surface area contributed by atoms with Crippen molar-refractivity contribution in [1.29, 1.82) is 0 Å². The van der Waals surface area contributed by atoms with Crippen LogP contribution in [0.5, 0.6) is 5.75 Å². The highest BCUT2D eigenvalue weighted by Gasteiger charge is 2.70. The van der Waals surface area contributed by atoms with Crippen LogP contribution >= 0.6 is 23.2 Å². The van der Waals surface area contributed by atoms with Crippen molar-refractivity contribution >= 4 is 64.0 Å². The minimum atomic E-state index is -4.77. The lowest BCUT2D eigenvalue weighted by Gasteiger charge is -2.50. The highest BCUT2D eigenvalue weighted by molar-refractivity contribution is 6.33. The molecule has 4 amide bonds. The minimum absolute atomic E-state index is 0.0105. The third kappa shape index (κ3) is 5.77. The first-order valence-electron chi connectivity index (χ1n) is 17.7. The molecule has 6 unspecified atom stereocenters. The number of hydrogen-bond donors (Lipinski definition) is 2. The quantitative estimate of drug-likeness (QED) is 0.0855. The van der Waals surface area contributed by atoms with Gasteiger partial charge in [-0.15, -0.1) is 0 Å². The number of hydrogen-bond acceptors (Lipinski definition) is 9. The van der Waals surface area contributed by atoms with Gasteiger partial charge in [0.25, 0.3) is 17.5 Å². The van der Waals surface area contributed by atoms with E-state index < -0.39 is 86.1 Å². The number of fused-ring (bicyclic) bond motifs is 4. The standard InChI is InChI=1S/C40H30Cl2F3N5O7/c1-18-13-20(14-19(2)33(18)51)32-26-11-12-27-31(37(54)48(35(27)52)24-7-9-25(10-8-24)50(56)57)28(26)16-29-36(53)49(38(55)39(29,32)21-3-5-23(41)6-4-21)47-34-30(42)15-22(17-46-34)40(43,44)45/h3-11,13-15,17,27-29,31-32,51H,12,16H2,1-2H3,(H,46,47). The zero-order valence-electron chi connectivity index (χ0n) is 29.9. The highest BCUT2D eigenvalue weighted by Crippen LogP contribution is 2.64. The van der Waals surface area contributed by atoms with Crippen LogP contribution < -0.4 is 10.3 Å². The number of phenolic OH excluding ortho intramolecular Hbond substituents is 1. The van der Waals surface area contributed by atoms with Crippen molar-refractivity contribution in [3.05, 3.63) is 133 Å². The predicted octanol–water partition coefficient (Wildman–Crippen LogP) is 7.83. The van der Waals surface area contributed by atoms with Crippen LogP contribution in [-0.4, -0.2) is 43.7 Å². The summed E-state index contributed by atoms with van der Waals surface area (Å²) >= 11 is 12.6. The van der Waals surface area contributed by atoms with E-state index >= 15 is 4.79 Å². The first-order valence-corrected chi connectivity index (χ1v) is 18.5. The predicted molar refractivity (Wildman–Crippen MR) is 200 cm³/mol. The summed E-state index contributed by atoms with van der Waals surface area (Å²) in [5.41, 5.74) is 2.03. The Morgan fingerprint density at radius 3 is 2.18 bits per heavy atom. The molecule has 57 heavy (non-hydrogen) atoms. The van der Waals surface area contributed by atoms with Crippen LogP contribution in [0.4, 0.5) is 30.4 Å². The number of aryl methyl sites for hydroxylation is 2. The van der Waals surface area contributed by atoms with Crippen LogP contribution in [0, 0.1) is 47.6 Å². The zero-order valence-corrected chi connectivity index (χ0v) is 31.4. The lowest BCUT2D eigenvalue weighted by molar-refractivity contribution is -0.384. The molecule has 4 aromatic rings. The van der Waals surface area contributed by atoms with Crippen LogP contribution in [0.3, 0.4) is 0 Å². The van der Waals surface area contributed by atoms with Gasteiger partial charge in [-0.3, -0.25) is 39.6 Å². The van der Waals surface area contributed by atoms with Crippen LogP contribution in [-0.2, 0) is 30.8 Å². The van der Waals surface area contributed by atoms with Gasteiger partial charge in [-0.25, -0.2) is 4.98 Å². The first kappa shape index (κ1) is 38.1. The number of anilines is 2. The Balaban J connectivity index is 1.31. The average Bonchev–Trinajstić information content (AvgIpc) is 3.54. The fraction of sp³-hybridized carbons (Fsp3) is 0.275. The van der Waals surface area contributed by atoms with E-state index in [1.807, 2.05) is 6.08 Å². The van der Waals surface area contributed by atoms with Crippen LogP contribution in [0.2, 0.25) is 10.0 Å². The Morgan fingerprint density at radius 2 is 1.58 bits per heavy atom. The molecule has 1 saturated carbocycles. The lowest BCUT2D eigenvalue weighted by Crippen LogP contribution is -2.53. The molecular formula is C40H30Cl2F3N5O7. The van der Waals surface area contributed by atoms with Crippen molar-refractivity contribution in [2.75, 3.05) is 10.3 Å². The van der Waals surface area contributed by atoms with Gasteiger partial charge in [-0.2, -0.15) is 18.2 Å². The number of hydrazine groups is 1. The van der Waals surface area contributed by atoms with E-state index in [9.17, 15) is 42.8 Å². The molecule has 1 aromatic heterocycles. The molecule has 17 heteroatoms. The Labute approximate surface area is 332 Å². The van der Waals surface area contributed by atoms with Gasteiger partial charge in [0.1, 0.15) is 5.75 Å². The third-order valence-electron chi connectivity index (χ3n) is 11.7. The highest BCUT2D eigenvalue weighted by atomic mass is 35.5. The number of allylic oxidation sites excluding steroid dienone is 2. The summed E-state index contributed by atoms with van der Waals surface area (Å²) in [6.45, 7) is 3.36. The lowest BCUT2D eigenvalue weighted by atomic mass is 9.49. The molecule has 4 aliphatic rings. The van der Waals surface area contributed by atoms with Crippen LogP contribution in [0.1, 0.15) is 46.6 Å². The Hall–Kier alpha value is -5.80. The topological polar surface area (TPSA) is 163 Å². The molecule has 2 saturated heterocycles. The summed E-state index contributed by atoms with van der Waals surface area (Å²) in [6, 6.07) is 15.4. The Morgan fingerprint density at radius 1 is 0.930 bits per heavy atom. The van der Waals surface area contributed by atoms with Crippen LogP contribution in [0.15, 0.2) is 84.6 Å². The number of carbonyl (C=O) groups excluding carboxylic acids is 4. The maximum Gasteiger partial charge on any atom is 0.417 e.